The van der Waals surface area contributed by atoms with E-state index in [4.69, 9.17) is 0 Å². The molecule has 6 heteroatoms. The fourth-order valence-electron chi connectivity index (χ4n) is 1.92. The highest BCUT2D eigenvalue weighted by Gasteiger charge is 2.33. The number of hydrogen-bond donors (Lipinski definition) is 2. The van der Waals surface area contributed by atoms with Crippen LogP contribution in [0.4, 0.5) is 13.2 Å². The standard InChI is InChI=1S/C10H14F3NOS/c11-10(12,13)15-8-3-6-16(7-8)9-1-4-14-5-2-9/h3,6-7,9,14,16H,1-2,4-5H2. The van der Waals surface area contributed by atoms with Gasteiger partial charge in [0.2, 0.25) is 0 Å². The maximum atomic E-state index is 12.0. The van der Waals surface area contributed by atoms with E-state index in [2.05, 4.69) is 10.1 Å². The normalized spacial score (nSPS) is 29.2. The fourth-order valence-corrected chi connectivity index (χ4v) is 4.06. The molecule has 1 fully saturated rings. The van der Waals surface area contributed by atoms with E-state index < -0.39 is 17.3 Å². The van der Waals surface area contributed by atoms with E-state index >= 15 is 0 Å². The first kappa shape index (κ1) is 11.9. The molecule has 0 aromatic rings. The van der Waals surface area contributed by atoms with Crippen LogP contribution in [0.25, 0.3) is 0 Å². The van der Waals surface area contributed by atoms with Gasteiger partial charge in [-0.3, -0.25) is 0 Å². The molecule has 92 valence electrons. The molecule has 2 aliphatic rings. The van der Waals surface area contributed by atoms with Crippen LogP contribution in [0, 0.1) is 0 Å². The quantitative estimate of drug-likeness (QED) is 0.738. The Hall–Kier alpha value is -0.620. The van der Waals surface area contributed by atoms with Gasteiger partial charge in [-0.2, -0.15) is 0 Å². The number of piperidine rings is 1. The predicted octanol–water partition coefficient (Wildman–Crippen LogP) is 2.64. The van der Waals surface area contributed by atoms with Gasteiger partial charge in [0.25, 0.3) is 0 Å². The van der Waals surface area contributed by atoms with Crippen LogP contribution in [0.15, 0.2) is 22.7 Å². The molecule has 0 bridgehead atoms. The Labute approximate surface area is 94.9 Å². The summed E-state index contributed by atoms with van der Waals surface area (Å²) in [6.07, 6.45) is -1.06. The molecular formula is C10H14F3NOS. The number of halogens is 3. The predicted molar refractivity (Wildman–Crippen MR) is 59.2 cm³/mol. The summed E-state index contributed by atoms with van der Waals surface area (Å²) in [4.78, 5) is 0. The third kappa shape index (κ3) is 3.18. The van der Waals surface area contributed by atoms with Gasteiger partial charge in [0.15, 0.2) is 0 Å². The van der Waals surface area contributed by atoms with Crippen molar-refractivity contribution in [3.05, 3.63) is 22.7 Å². The van der Waals surface area contributed by atoms with Crippen LogP contribution in [-0.4, -0.2) is 24.7 Å². The first-order valence-corrected chi connectivity index (χ1v) is 6.73. The van der Waals surface area contributed by atoms with Crippen molar-refractivity contribution in [1.82, 2.24) is 5.32 Å². The highest BCUT2D eigenvalue weighted by Crippen LogP contribution is 2.45. The molecule has 0 saturated carbocycles. The van der Waals surface area contributed by atoms with E-state index in [-0.39, 0.29) is 5.76 Å². The van der Waals surface area contributed by atoms with Crippen LogP contribution in [0.5, 0.6) is 0 Å². The SMILES string of the molecule is FC(F)(F)OC1=C[SH](C2CCNCC2)C=C1. The number of alkyl halides is 3. The lowest BCUT2D eigenvalue weighted by Crippen LogP contribution is -2.30. The van der Waals surface area contributed by atoms with Crippen LogP contribution in [0.3, 0.4) is 0 Å². The molecule has 16 heavy (non-hydrogen) atoms. The van der Waals surface area contributed by atoms with E-state index in [0.29, 0.717) is 5.25 Å². The zero-order valence-corrected chi connectivity index (χ0v) is 9.52. The molecule has 1 unspecified atom stereocenters. The average Bonchev–Trinajstić information content (AvgIpc) is 2.65. The summed E-state index contributed by atoms with van der Waals surface area (Å²) in [6, 6.07) is 0. The Bertz CT molecular complexity index is 308. The molecule has 1 atom stereocenters. The third-order valence-electron chi connectivity index (χ3n) is 2.65. The van der Waals surface area contributed by atoms with E-state index in [1.165, 1.54) is 6.08 Å². The number of allylic oxidation sites excluding steroid dienone is 1. The van der Waals surface area contributed by atoms with Gasteiger partial charge in [0.1, 0.15) is 5.76 Å². The molecule has 1 N–H and O–H groups in total. The van der Waals surface area contributed by atoms with Crippen molar-refractivity contribution < 1.29 is 17.9 Å². The summed E-state index contributed by atoms with van der Waals surface area (Å²) in [5.74, 6) is -0.0443. The molecule has 2 heterocycles. The Kier molecular flexibility index (Phi) is 3.49. The number of rotatable bonds is 2. The topological polar surface area (TPSA) is 21.3 Å². The minimum absolute atomic E-state index is 0.0443. The first-order chi connectivity index (χ1) is 7.54. The summed E-state index contributed by atoms with van der Waals surface area (Å²) in [7, 11) is -0.563. The summed E-state index contributed by atoms with van der Waals surface area (Å²) in [5.41, 5.74) is 0. The van der Waals surface area contributed by atoms with Gasteiger partial charge < -0.3 is 10.1 Å². The molecule has 2 rings (SSSR count). The number of nitrogens with one attached hydrogen (secondary N) is 1. The number of hydrogen-bond acceptors (Lipinski definition) is 2. The van der Waals surface area contributed by atoms with Crippen molar-refractivity contribution in [2.75, 3.05) is 13.1 Å². The minimum atomic E-state index is -4.57. The third-order valence-corrected chi connectivity index (χ3v) is 5.06. The van der Waals surface area contributed by atoms with Crippen molar-refractivity contribution in [1.29, 1.82) is 0 Å². The highest BCUT2D eigenvalue weighted by atomic mass is 32.2. The lowest BCUT2D eigenvalue weighted by molar-refractivity contribution is -0.303. The van der Waals surface area contributed by atoms with Crippen molar-refractivity contribution in [2.24, 2.45) is 0 Å². The maximum absolute atomic E-state index is 12.0. The average molecular weight is 253 g/mol. The first-order valence-electron chi connectivity index (χ1n) is 5.18. The summed E-state index contributed by atoms with van der Waals surface area (Å²) in [5, 5.41) is 7.25. The monoisotopic (exact) mass is 253 g/mol. The van der Waals surface area contributed by atoms with Gasteiger partial charge >= 0.3 is 6.36 Å². The van der Waals surface area contributed by atoms with Crippen LogP contribution < -0.4 is 5.32 Å². The van der Waals surface area contributed by atoms with Crippen molar-refractivity contribution >= 4 is 10.9 Å². The molecule has 2 nitrogen and oxygen atoms in total. The largest absolute Gasteiger partial charge is 0.573 e. The molecule has 0 aromatic carbocycles. The smallest absolute Gasteiger partial charge is 0.405 e. The summed E-state index contributed by atoms with van der Waals surface area (Å²) < 4.78 is 39.8. The van der Waals surface area contributed by atoms with Gasteiger partial charge in [0.05, 0.1) is 0 Å². The Morgan fingerprint density at radius 3 is 2.62 bits per heavy atom. The van der Waals surface area contributed by atoms with E-state index in [0.717, 1.165) is 25.9 Å². The van der Waals surface area contributed by atoms with Gasteiger partial charge in [-0.25, -0.2) is 10.9 Å². The van der Waals surface area contributed by atoms with Gasteiger partial charge in [-0.05, 0) is 48.1 Å². The zero-order chi connectivity index (χ0) is 11.6. The molecule has 0 radical (unpaired) electrons. The molecule has 0 aromatic heterocycles. The van der Waals surface area contributed by atoms with Gasteiger partial charge in [-0.1, -0.05) is 0 Å². The second-order valence-corrected chi connectivity index (χ2v) is 6.00. The van der Waals surface area contributed by atoms with Crippen molar-refractivity contribution in [2.45, 2.75) is 24.5 Å². The van der Waals surface area contributed by atoms with Gasteiger partial charge in [-0.15, -0.1) is 13.2 Å². The second-order valence-electron chi connectivity index (χ2n) is 3.82. The Morgan fingerprint density at radius 2 is 2.00 bits per heavy atom. The lowest BCUT2D eigenvalue weighted by atomic mass is 10.2. The fraction of sp³-hybridized carbons (Fsp3) is 0.600. The minimum Gasteiger partial charge on any atom is -0.405 e. The Morgan fingerprint density at radius 1 is 1.31 bits per heavy atom. The molecule has 0 amide bonds. The van der Waals surface area contributed by atoms with E-state index in [1.54, 1.807) is 5.41 Å². The zero-order valence-electron chi connectivity index (χ0n) is 8.63. The summed E-state index contributed by atoms with van der Waals surface area (Å²) >= 11 is 0. The van der Waals surface area contributed by atoms with E-state index in [1.807, 2.05) is 5.41 Å². The second kappa shape index (κ2) is 4.71. The number of thiol groups is 1. The Balaban J connectivity index is 1.93. The lowest BCUT2D eigenvalue weighted by Gasteiger charge is -2.28. The molecule has 2 aliphatic heterocycles. The maximum Gasteiger partial charge on any atom is 0.573 e. The molecule has 0 aliphatic carbocycles. The van der Waals surface area contributed by atoms with Crippen LogP contribution in [0.2, 0.25) is 0 Å². The van der Waals surface area contributed by atoms with Crippen LogP contribution in [0.1, 0.15) is 12.8 Å². The van der Waals surface area contributed by atoms with Crippen molar-refractivity contribution in [3.63, 3.8) is 0 Å². The summed E-state index contributed by atoms with van der Waals surface area (Å²) in [6.45, 7) is 1.92. The van der Waals surface area contributed by atoms with Gasteiger partial charge in [0, 0.05) is 0 Å². The molecule has 0 spiro atoms. The molecular weight excluding hydrogens is 239 g/mol. The van der Waals surface area contributed by atoms with E-state index in [9.17, 15) is 13.2 Å². The van der Waals surface area contributed by atoms with Crippen LogP contribution >= 0.6 is 10.9 Å². The highest BCUT2D eigenvalue weighted by molar-refractivity contribution is 8.22. The van der Waals surface area contributed by atoms with Crippen LogP contribution in [-0.2, 0) is 4.74 Å². The van der Waals surface area contributed by atoms with Crippen molar-refractivity contribution in [3.8, 4) is 0 Å². The molecule has 1 saturated heterocycles. The number of ether oxygens (including phenoxy) is 1.